The van der Waals surface area contributed by atoms with Gasteiger partial charge in [-0.1, -0.05) is 25.4 Å². The highest BCUT2D eigenvalue weighted by molar-refractivity contribution is 6.30. The fourth-order valence-corrected chi connectivity index (χ4v) is 2.04. The average molecular weight is 238 g/mol. The third-order valence-electron chi connectivity index (χ3n) is 2.60. The van der Waals surface area contributed by atoms with Crippen LogP contribution in [0.15, 0.2) is 24.5 Å². The van der Waals surface area contributed by atoms with Crippen LogP contribution in [0.1, 0.15) is 32.0 Å². The molecule has 0 spiro atoms. The predicted molar refractivity (Wildman–Crippen MR) is 66.6 cm³/mol. The zero-order valence-electron chi connectivity index (χ0n) is 9.52. The van der Waals surface area contributed by atoms with Crippen molar-refractivity contribution in [2.24, 2.45) is 11.7 Å². The van der Waals surface area contributed by atoms with Crippen LogP contribution in [-0.4, -0.2) is 9.38 Å². The van der Waals surface area contributed by atoms with E-state index in [4.69, 9.17) is 17.3 Å². The SMILES string of the molecule is CC(C)CC(N)c1cnc2ccc(Cl)cn12. The number of hydrogen-bond donors (Lipinski definition) is 1. The molecule has 0 aromatic carbocycles. The van der Waals surface area contributed by atoms with E-state index < -0.39 is 0 Å². The zero-order chi connectivity index (χ0) is 11.7. The van der Waals surface area contributed by atoms with Gasteiger partial charge in [-0.2, -0.15) is 0 Å². The number of nitrogens with two attached hydrogens (primary N) is 1. The van der Waals surface area contributed by atoms with E-state index in [2.05, 4.69) is 18.8 Å². The molecule has 86 valence electrons. The second-order valence-electron chi connectivity index (χ2n) is 4.49. The second-order valence-corrected chi connectivity index (χ2v) is 4.93. The van der Waals surface area contributed by atoms with Crippen LogP contribution in [0, 0.1) is 5.92 Å². The third-order valence-corrected chi connectivity index (χ3v) is 2.83. The maximum absolute atomic E-state index is 6.15. The van der Waals surface area contributed by atoms with Crippen molar-refractivity contribution in [3.8, 4) is 0 Å². The Morgan fingerprint density at radius 2 is 2.19 bits per heavy atom. The van der Waals surface area contributed by atoms with E-state index in [-0.39, 0.29) is 6.04 Å². The van der Waals surface area contributed by atoms with E-state index in [9.17, 15) is 0 Å². The van der Waals surface area contributed by atoms with Gasteiger partial charge in [-0.25, -0.2) is 4.98 Å². The maximum Gasteiger partial charge on any atom is 0.137 e. The lowest BCUT2D eigenvalue weighted by molar-refractivity contribution is 0.500. The molecule has 0 radical (unpaired) electrons. The van der Waals surface area contributed by atoms with Crippen LogP contribution in [0.25, 0.3) is 5.65 Å². The average Bonchev–Trinajstić information content (AvgIpc) is 2.59. The van der Waals surface area contributed by atoms with Crippen LogP contribution in [0.3, 0.4) is 0 Å². The van der Waals surface area contributed by atoms with Gasteiger partial charge in [0.15, 0.2) is 0 Å². The molecule has 0 aliphatic heterocycles. The minimum atomic E-state index is 0.00784. The molecule has 2 rings (SSSR count). The summed E-state index contributed by atoms with van der Waals surface area (Å²) >= 11 is 5.97. The van der Waals surface area contributed by atoms with Gasteiger partial charge in [-0.05, 0) is 24.5 Å². The lowest BCUT2D eigenvalue weighted by atomic mass is 10.0. The lowest BCUT2D eigenvalue weighted by Gasteiger charge is -2.13. The molecule has 0 fully saturated rings. The normalized spacial score (nSPS) is 13.6. The van der Waals surface area contributed by atoms with E-state index in [0.29, 0.717) is 10.9 Å². The van der Waals surface area contributed by atoms with Crippen LogP contribution in [0.5, 0.6) is 0 Å². The molecule has 0 saturated heterocycles. The van der Waals surface area contributed by atoms with Gasteiger partial charge >= 0.3 is 0 Å². The molecule has 2 aromatic heterocycles. The molecule has 0 aliphatic rings. The number of nitrogens with zero attached hydrogens (tertiary/aromatic N) is 2. The van der Waals surface area contributed by atoms with Crippen LogP contribution >= 0.6 is 11.6 Å². The fourth-order valence-electron chi connectivity index (χ4n) is 1.88. The van der Waals surface area contributed by atoms with Gasteiger partial charge in [0.2, 0.25) is 0 Å². The standard InChI is InChI=1S/C12H16ClN3/c1-8(2)5-10(14)11-6-15-12-4-3-9(13)7-16(11)12/h3-4,6-8,10H,5,14H2,1-2H3. The smallest absolute Gasteiger partial charge is 0.137 e. The molecule has 0 aliphatic carbocycles. The van der Waals surface area contributed by atoms with Gasteiger partial charge in [-0.3, -0.25) is 0 Å². The van der Waals surface area contributed by atoms with Crippen LogP contribution < -0.4 is 5.73 Å². The van der Waals surface area contributed by atoms with Gasteiger partial charge in [0.25, 0.3) is 0 Å². The zero-order valence-corrected chi connectivity index (χ0v) is 10.3. The molecule has 16 heavy (non-hydrogen) atoms. The van der Waals surface area contributed by atoms with Gasteiger partial charge in [-0.15, -0.1) is 0 Å². The van der Waals surface area contributed by atoms with Crippen molar-refractivity contribution in [3.63, 3.8) is 0 Å². The molecule has 4 heteroatoms. The first kappa shape index (κ1) is 11.4. The first-order chi connectivity index (χ1) is 7.58. The Morgan fingerprint density at radius 1 is 1.44 bits per heavy atom. The molecule has 1 unspecified atom stereocenters. The minimum absolute atomic E-state index is 0.00784. The summed E-state index contributed by atoms with van der Waals surface area (Å²) in [6.45, 7) is 4.33. The molecular formula is C12H16ClN3. The first-order valence-electron chi connectivity index (χ1n) is 5.46. The molecule has 2 aromatic rings. The van der Waals surface area contributed by atoms with Crippen LogP contribution in [0.4, 0.5) is 0 Å². The summed E-state index contributed by atoms with van der Waals surface area (Å²) in [5.74, 6) is 0.569. The monoisotopic (exact) mass is 237 g/mol. The summed E-state index contributed by atoms with van der Waals surface area (Å²) in [4.78, 5) is 4.31. The van der Waals surface area contributed by atoms with Gasteiger partial charge < -0.3 is 10.1 Å². The van der Waals surface area contributed by atoms with Crippen LogP contribution in [0.2, 0.25) is 5.02 Å². The lowest BCUT2D eigenvalue weighted by Crippen LogP contribution is -2.14. The Hall–Kier alpha value is -1.06. The minimum Gasteiger partial charge on any atom is -0.323 e. The quantitative estimate of drug-likeness (QED) is 0.892. The number of pyridine rings is 1. The van der Waals surface area contributed by atoms with Gasteiger partial charge in [0, 0.05) is 12.2 Å². The summed E-state index contributed by atoms with van der Waals surface area (Å²) in [5.41, 5.74) is 8.06. The summed E-state index contributed by atoms with van der Waals surface area (Å²) in [5, 5.41) is 0.698. The topological polar surface area (TPSA) is 43.3 Å². The van der Waals surface area contributed by atoms with Crippen molar-refractivity contribution < 1.29 is 0 Å². The number of imidazole rings is 1. The highest BCUT2D eigenvalue weighted by Crippen LogP contribution is 2.21. The number of aromatic nitrogens is 2. The first-order valence-corrected chi connectivity index (χ1v) is 5.84. The molecule has 3 nitrogen and oxygen atoms in total. The fraction of sp³-hybridized carbons (Fsp3) is 0.417. The van der Waals surface area contributed by atoms with Crippen molar-refractivity contribution in [2.45, 2.75) is 26.3 Å². The Labute approximate surface area is 100 Å². The van der Waals surface area contributed by atoms with E-state index in [1.54, 1.807) is 0 Å². The molecule has 0 bridgehead atoms. The van der Waals surface area contributed by atoms with Gasteiger partial charge in [0.1, 0.15) is 5.65 Å². The van der Waals surface area contributed by atoms with Gasteiger partial charge in [0.05, 0.1) is 16.9 Å². The Morgan fingerprint density at radius 3 is 2.88 bits per heavy atom. The Bertz CT molecular complexity index is 490. The summed E-state index contributed by atoms with van der Waals surface area (Å²) in [6, 6.07) is 3.74. The maximum atomic E-state index is 6.15. The van der Waals surface area contributed by atoms with Crippen LogP contribution in [-0.2, 0) is 0 Å². The summed E-state index contributed by atoms with van der Waals surface area (Å²) in [6.07, 6.45) is 4.64. The summed E-state index contributed by atoms with van der Waals surface area (Å²) < 4.78 is 1.97. The molecule has 2 heterocycles. The van der Waals surface area contributed by atoms with Crippen molar-refractivity contribution >= 4 is 17.2 Å². The van der Waals surface area contributed by atoms with Crippen molar-refractivity contribution in [2.75, 3.05) is 0 Å². The molecule has 0 amide bonds. The van der Waals surface area contributed by atoms with Crippen molar-refractivity contribution in [1.29, 1.82) is 0 Å². The Balaban J connectivity index is 2.40. The number of hydrogen-bond acceptors (Lipinski definition) is 2. The largest absolute Gasteiger partial charge is 0.323 e. The third kappa shape index (κ3) is 2.20. The van der Waals surface area contributed by atoms with Crippen molar-refractivity contribution in [1.82, 2.24) is 9.38 Å². The molecular weight excluding hydrogens is 222 g/mol. The predicted octanol–water partition coefficient (Wildman–Crippen LogP) is 3.03. The Kier molecular flexibility index (Phi) is 3.17. The molecule has 0 saturated carbocycles. The summed E-state index contributed by atoms with van der Waals surface area (Å²) in [7, 11) is 0. The number of fused-ring (bicyclic) bond motifs is 1. The molecule has 2 N–H and O–H groups in total. The van der Waals surface area contributed by atoms with Crippen molar-refractivity contribution in [3.05, 3.63) is 35.2 Å². The highest BCUT2D eigenvalue weighted by atomic mass is 35.5. The number of halogens is 1. The second kappa shape index (κ2) is 4.44. The highest BCUT2D eigenvalue weighted by Gasteiger charge is 2.13. The van der Waals surface area contributed by atoms with E-state index in [1.165, 1.54) is 0 Å². The van der Waals surface area contributed by atoms with E-state index in [1.807, 2.05) is 28.9 Å². The van der Waals surface area contributed by atoms with E-state index >= 15 is 0 Å². The molecule has 1 atom stereocenters. The van der Waals surface area contributed by atoms with E-state index in [0.717, 1.165) is 17.8 Å². The number of rotatable bonds is 3.